The average Bonchev–Trinajstić information content (AvgIpc) is 3.01. The van der Waals surface area contributed by atoms with E-state index in [1.165, 1.54) is 6.08 Å². The van der Waals surface area contributed by atoms with Gasteiger partial charge in [0.1, 0.15) is 17.8 Å². The number of ether oxygens (including phenoxy) is 3. The molecule has 1 aliphatic carbocycles. The first kappa shape index (κ1) is 22.8. The SMILES string of the molecule is C=CC(=O)C(C)(C)OCCC(C)(C)OCC(=O)OC1(C(C)C)CCCC1. The topological polar surface area (TPSA) is 61.8 Å². The van der Waals surface area contributed by atoms with Crippen molar-refractivity contribution in [3.63, 3.8) is 0 Å². The van der Waals surface area contributed by atoms with Crippen LogP contribution in [0.2, 0.25) is 0 Å². The fourth-order valence-electron chi connectivity index (χ4n) is 3.22. The lowest BCUT2D eigenvalue weighted by atomic mass is 9.88. The second kappa shape index (κ2) is 9.14. The van der Waals surface area contributed by atoms with Crippen molar-refractivity contribution in [1.82, 2.24) is 0 Å². The standard InChI is InChI=1S/C21H36O5/c1-8-17(22)20(6,7)24-14-13-19(4,5)25-15-18(23)26-21(16(2)3)11-9-10-12-21/h8,16H,1,9-15H2,2-7H3. The number of carbonyl (C=O) groups is 2. The third-order valence-corrected chi connectivity index (χ3v) is 5.35. The summed E-state index contributed by atoms with van der Waals surface area (Å²) in [7, 11) is 0. The van der Waals surface area contributed by atoms with Crippen LogP contribution in [0.4, 0.5) is 0 Å². The van der Waals surface area contributed by atoms with Gasteiger partial charge in [-0.2, -0.15) is 0 Å². The molecule has 0 aromatic carbocycles. The van der Waals surface area contributed by atoms with Crippen LogP contribution in [0.3, 0.4) is 0 Å². The smallest absolute Gasteiger partial charge is 0.332 e. The number of esters is 1. The molecule has 0 aromatic rings. The van der Waals surface area contributed by atoms with Gasteiger partial charge in [-0.25, -0.2) is 4.79 Å². The summed E-state index contributed by atoms with van der Waals surface area (Å²) in [5.41, 5.74) is -1.78. The predicted molar refractivity (Wildman–Crippen MR) is 102 cm³/mol. The lowest BCUT2D eigenvalue weighted by Crippen LogP contribution is -2.40. The van der Waals surface area contributed by atoms with E-state index in [2.05, 4.69) is 20.4 Å². The van der Waals surface area contributed by atoms with Gasteiger partial charge in [0.25, 0.3) is 0 Å². The summed E-state index contributed by atoms with van der Waals surface area (Å²) in [6, 6.07) is 0. The van der Waals surface area contributed by atoms with Crippen LogP contribution in [0.1, 0.15) is 73.6 Å². The zero-order valence-electron chi connectivity index (χ0n) is 17.4. The Balaban J connectivity index is 2.43. The van der Waals surface area contributed by atoms with Gasteiger partial charge < -0.3 is 14.2 Å². The highest BCUT2D eigenvalue weighted by Gasteiger charge is 2.40. The lowest BCUT2D eigenvalue weighted by molar-refractivity contribution is -0.176. The second-order valence-corrected chi connectivity index (χ2v) is 8.63. The first-order valence-electron chi connectivity index (χ1n) is 9.61. The molecule has 0 radical (unpaired) electrons. The summed E-state index contributed by atoms with van der Waals surface area (Å²) in [6.07, 6.45) is 5.90. The Hall–Kier alpha value is -1.20. The molecule has 0 aromatic heterocycles. The van der Waals surface area contributed by atoms with E-state index in [1.54, 1.807) is 13.8 Å². The Labute approximate surface area is 158 Å². The van der Waals surface area contributed by atoms with Crippen molar-refractivity contribution < 1.29 is 23.8 Å². The number of hydrogen-bond acceptors (Lipinski definition) is 5. The lowest BCUT2D eigenvalue weighted by Gasteiger charge is -2.34. The molecule has 0 amide bonds. The van der Waals surface area contributed by atoms with Crippen molar-refractivity contribution in [3.05, 3.63) is 12.7 Å². The summed E-state index contributed by atoms with van der Waals surface area (Å²) in [5, 5.41) is 0. The normalized spacial score (nSPS) is 17.3. The Morgan fingerprint density at radius 2 is 1.69 bits per heavy atom. The van der Waals surface area contributed by atoms with E-state index in [-0.39, 0.29) is 24.0 Å². The summed E-state index contributed by atoms with van der Waals surface area (Å²) in [5.74, 6) is -0.160. The van der Waals surface area contributed by atoms with E-state index in [0.29, 0.717) is 18.9 Å². The second-order valence-electron chi connectivity index (χ2n) is 8.63. The summed E-state index contributed by atoms with van der Waals surface area (Å²) in [4.78, 5) is 24.0. The van der Waals surface area contributed by atoms with Gasteiger partial charge in [0, 0.05) is 0 Å². The van der Waals surface area contributed by atoms with Crippen LogP contribution in [-0.2, 0) is 23.8 Å². The first-order chi connectivity index (χ1) is 11.9. The van der Waals surface area contributed by atoms with Crippen LogP contribution in [0.5, 0.6) is 0 Å². The molecule has 0 saturated heterocycles. The highest BCUT2D eigenvalue weighted by Crippen LogP contribution is 2.39. The van der Waals surface area contributed by atoms with E-state index in [9.17, 15) is 9.59 Å². The molecule has 1 fully saturated rings. The van der Waals surface area contributed by atoms with Crippen LogP contribution in [0.15, 0.2) is 12.7 Å². The molecular formula is C21H36O5. The molecule has 26 heavy (non-hydrogen) atoms. The number of carbonyl (C=O) groups excluding carboxylic acids is 2. The van der Waals surface area contributed by atoms with Gasteiger partial charge >= 0.3 is 5.97 Å². The summed E-state index contributed by atoms with van der Waals surface area (Å²) in [6.45, 7) is 15.2. The molecule has 0 unspecified atom stereocenters. The zero-order valence-corrected chi connectivity index (χ0v) is 17.4. The van der Waals surface area contributed by atoms with Crippen molar-refractivity contribution in [1.29, 1.82) is 0 Å². The highest BCUT2D eigenvalue weighted by molar-refractivity contribution is 5.95. The molecule has 0 atom stereocenters. The molecule has 1 saturated carbocycles. The first-order valence-corrected chi connectivity index (χ1v) is 9.61. The van der Waals surface area contributed by atoms with Crippen LogP contribution in [0, 0.1) is 5.92 Å². The van der Waals surface area contributed by atoms with Gasteiger partial charge in [-0.1, -0.05) is 20.4 Å². The third kappa shape index (κ3) is 6.51. The van der Waals surface area contributed by atoms with Crippen molar-refractivity contribution in [2.75, 3.05) is 13.2 Å². The van der Waals surface area contributed by atoms with Crippen molar-refractivity contribution in [3.8, 4) is 0 Å². The number of hydrogen-bond donors (Lipinski definition) is 0. The minimum atomic E-state index is -0.900. The molecule has 0 spiro atoms. The van der Waals surface area contributed by atoms with E-state index in [0.717, 1.165) is 25.7 Å². The summed E-state index contributed by atoms with van der Waals surface area (Å²) >= 11 is 0. The maximum atomic E-state index is 12.3. The Bertz CT molecular complexity index is 499. The Morgan fingerprint density at radius 3 is 2.19 bits per heavy atom. The molecule has 150 valence electrons. The molecule has 1 rings (SSSR count). The molecule has 5 heteroatoms. The molecule has 0 N–H and O–H groups in total. The highest BCUT2D eigenvalue weighted by atomic mass is 16.6. The number of ketones is 1. The largest absolute Gasteiger partial charge is 0.457 e. The average molecular weight is 369 g/mol. The van der Waals surface area contributed by atoms with Crippen LogP contribution in [0.25, 0.3) is 0 Å². The van der Waals surface area contributed by atoms with Crippen molar-refractivity contribution >= 4 is 11.8 Å². The summed E-state index contributed by atoms with van der Waals surface area (Å²) < 4.78 is 17.2. The number of rotatable bonds is 11. The molecule has 0 heterocycles. The maximum absolute atomic E-state index is 12.3. The van der Waals surface area contributed by atoms with Crippen LogP contribution in [-0.4, -0.2) is 41.8 Å². The fraction of sp³-hybridized carbons (Fsp3) is 0.810. The minimum absolute atomic E-state index is 0.0730. The van der Waals surface area contributed by atoms with Gasteiger partial charge in [0.05, 0.1) is 12.2 Å². The fourth-order valence-corrected chi connectivity index (χ4v) is 3.22. The van der Waals surface area contributed by atoms with Crippen LogP contribution >= 0.6 is 0 Å². The Morgan fingerprint density at radius 1 is 1.12 bits per heavy atom. The van der Waals surface area contributed by atoms with E-state index < -0.39 is 11.2 Å². The molecule has 5 nitrogen and oxygen atoms in total. The Kier molecular flexibility index (Phi) is 8.03. The van der Waals surface area contributed by atoms with E-state index >= 15 is 0 Å². The molecule has 0 aliphatic heterocycles. The van der Waals surface area contributed by atoms with Gasteiger partial charge in [-0.15, -0.1) is 0 Å². The van der Waals surface area contributed by atoms with Crippen LogP contribution < -0.4 is 0 Å². The molecule has 1 aliphatic rings. The van der Waals surface area contributed by atoms with Gasteiger partial charge in [-0.3, -0.25) is 4.79 Å². The quantitative estimate of drug-likeness (QED) is 0.403. The van der Waals surface area contributed by atoms with E-state index in [4.69, 9.17) is 14.2 Å². The molecular weight excluding hydrogens is 332 g/mol. The monoisotopic (exact) mass is 368 g/mol. The third-order valence-electron chi connectivity index (χ3n) is 5.35. The maximum Gasteiger partial charge on any atom is 0.332 e. The van der Waals surface area contributed by atoms with Gasteiger partial charge in [0.15, 0.2) is 5.78 Å². The van der Waals surface area contributed by atoms with Gasteiger partial charge in [-0.05, 0) is 71.8 Å². The van der Waals surface area contributed by atoms with Crippen molar-refractivity contribution in [2.45, 2.75) is 90.4 Å². The predicted octanol–water partition coefficient (Wildman–Crippen LogP) is 4.23. The van der Waals surface area contributed by atoms with E-state index in [1.807, 2.05) is 13.8 Å². The van der Waals surface area contributed by atoms with Crippen molar-refractivity contribution in [2.24, 2.45) is 5.92 Å². The zero-order chi connectivity index (χ0) is 20.0. The molecule has 0 bridgehead atoms. The minimum Gasteiger partial charge on any atom is -0.457 e. The van der Waals surface area contributed by atoms with Gasteiger partial charge in [0.2, 0.25) is 0 Å².